The molecule has 1 saturated heterocycles. The summed E-state index contributed by atoms with van der Waals surface area (Å²) in [6.07, 6.45) is 6.51. The van der Waals surface area contributed by atoms with Gasteiger partial charge in [-0.05, 0) is 117 Å². The second-order valence-electron chi connectivity index (χ2n) is 13.1. The molecule has 6 nitrogen and oxygen atoms in total. The summed E-state index contributed by atoms with van der Waals surface area (Å²) in [6, 6.07) is 17.7. The van der Waals surface area contributed by atoms with Gasteiger partial charge >= 0.3 is 0 Å². The number of fused-ring (bicyclic) bond motifs is 4. The van der Waals surface area contributed by atoms with Crippen LogP contribution in [0, 0.1) is 31.1 Å². The van der Waals surface area contributed by atoms with Gasteiger partial charge in [-0.3, -0.25) is 9.62 Å². The summed E-state index contributed by atoms with van der Waals surface area (Å²) in [7, 11) is 0. The number of rotatable bonds is 5. The van der Waals surface area contributed by atoms with Crippen molar-refractivity contribution in [1.29, 1.82) is 0 Å². The van der Waals surface area contributed by atoms with E-state index in [1.807, 2.05) is 6.07 Å². The van der Waals surface area contributed by atoms with Crippen molar-refractivity contribution >= 4 is 17.9 Å². The van der Waals surface area contributed by atoms with E-state index in [9.17, 15) is 0 Å². The molecule has 4 bridgehead atoms. The van der Waals surface area contributed by atoms with E-state index in [1.165, 1.54) is 60.4 Å². The zero-order chi connectivity index (χ0) is 28.4. The van der Waals surface area contributed by atoms with E-state index in [-0.39, 0.29) is 0 Å². The lowest BCUT2D eigenvalue weighted by Crippen LogP contribution is -2.50. The standard InChI is InChI=1S/C34H45N5OS/c1-23(2)15-28-22-40-31-17-30(32-24(3)7-5-8-25(32)4)36-33(37-31)38-41-29-10-6-9-26(16-29)20-39(28)21-27-18-34(19-27)11-13-35-14-12-34/h5-10,16-17,23,27-28,35H,11-15,18-22H2,1-4H3,(H,36,37,38). The van der Waals surface area contributed by atoms with Gasteiger partial charge in [0.25, 0.3) is 0 Å². The second-order valence-corrected chi connectivity index (χ2v) is 14.0. The van der Waals surface area contributed by atoms with Crippen molar-refractivity contribution in [2.75, 3.05) is 31.0 Å². The van der Waals surface area contributed by atoms with E-state index in [4.69, 9.17) is 14.7 Å². The molecule has 1 aromatic heterocycles. The smallest absolute Gasteiger partial charge is 0.237 e. The molecule has 3 aliphatic rings. The molecule has 3 heterocycles. The zero-order valence-corrected chi connectivity index (χ0v) is 25.9. The Kier molecular flexibility index (Phi) is 8.57. The number of benzene rings is 2. The van der Waals surface area contributed by atoms with Gasteiger partial charge in [-0.1, -0.05) is 44.2 Å². The van der Waals surface area contributed by atoms with Crippen LogP contribution in [-0.2, 0) is 6.54 Å². The highest BCUT2D eigenvalue weighted by Crippen LogP contribution is 2.52. The predicted molar refractivity (Wildman–Crippen MR) is 169 cm³/mol. The minimum atomic E-state index is 0.312. The first-order chi connectivity index (χ1) is 19.9. The minimum absolute atomic E-state index is 0.312. The van der Waals surface area contributed by atoms with Crippen LogP contribution in [0.5, 0.6) is 5.88 Å². The number of ether oxygens (including phenoxy) is 1. The average Bonchev–Trinajstić information content (AvgIpc) is 2.93. The molecule has 6 rings (SSSR count). The van der Waals surface area contributed by atoms with Crippen LogP contribution in [0.2, 0.25) is 0 Å². The van der Waals surface area contributed by atoms with Crippen LogP contribution in [0.1, 0.15) is 62.6 Å². The number of hydrogen-bond acceptors (Lipinski definition) is 7. The first-order valence-electron chi connectivity index (χ1n) is 15.4. The highest BCUT2D eigenvalue weighted by atomic mass is 32.2. The number of nitrogens with one attached hydrogen (secondary N) is 2. The van der Waals surface area contributed by atoms with Gasteiger partial charge in [-0.25, -0.2) is 4.98 Å². The molecule has 3 aromatic rings. The number of piperidine rings is 1. The summed E-state index contributed by atoms with van der Waals surface area (Å²) < 4.78 is 10.0. The molecule has 2 fully saturated rings. The van der Waals surface area contributed by atoms with E-state index in [0.717, 1.165) is 36.7 Å². The molecule has 1 aliphatic carbocycles. The zero-order valence-electron chi connectivity index (χ0n) is 25.1. The Bertz CT molecular complexity index is 1330. The highest BCUT2D eigenvalue weighted by Gasteiger charge is 2.45. The fraction of sp³-hybridized carbons (Fsp3) is 0.529. The second kappa shape index (κ2) is 12.3. The van der Waals surface area contributed by atoms with Crippen molar-refractivity contribution in [2.45, 2.75) is 77.3 Å². The van der Waals surface area contributed by atoms with Crippen LogP contribution in [0.25, 0.3) is 11.3 Å². The number of aromatic nitrogens is 2. The maximum absolute atomic E-state index is 6.60. The normalized spacial score (nSPS) is 21.2. The Morgan fingerprint density at radius 2 is 1.78 bits per heavy atom. The largest absolute Gasteiger partial charge is 0.476 e. The van der Waals surface area contributed by atoms with Gasteiger partial charge in [0.2, 0.25) is 11.8 Å². The van der Waals surface area contributed by atoms with Crippen molar-refractivity contribution < 1.29 is 4.74 Å². The molecule has 2 N–H and O–H groups in total. The number of aryl methyl sites for hydroxylation is 2. The highest BCUT2D eigenvalue weighted by molar-refractivity contribution is 8.00. The molecule has 0 amide bonds. The maximum Gasteiger partial charge on any atom is 0.237 e. The summed E-state index contributed by atoms with van der Waals surface area (Å²) in [6.45, 7) is 14.0. The van der Waals surface area contributed by atoms with E-state index < -0.39 is 0 Å². The Labute approximate surface area is 250 Å². The number of hydrogen-bond donors (Lipinski definition) is 2. The third-order valence-corrected chi connectivity index (χ3v) is 10.0. The van der Waals surface area contributed by atoms with E-state index in [2.05, 4.69) is 85.1 Å². The summed E-state index contributed by atoms with van der Waals surface area (Å²) in [5, 5.41) is 3.56. The summed E-state index contributed by atoms with van der Waals surface area (Å²) in [4.78, 5) is 13.6. The van der Waals surface area contributed by atoms with Gasteiger partial charge in [0.1, 0.15) is 6.61 Å². The van der Waals surface area contributed by atoms with Crippen molar-refractivity contribution in [3.05, 3.63) is 65.2 Å². The van der Waals surface area contributed by atoms with Crippen LogP contribution in [0.4, 0.5) is 5.95 Å². The van der Waals surface area contributed by atoms with E-state index >= 15 is 0 Å². The molecule has 7 heteroatoms. The molecular formula is C34H45N5OS. The Morgan fingerprint density at radius 3 is 2.54 bits per heavy atom. The van der Waals surface area contributed by atoms with Gasteiger partial charge in [-0.2, -0.15) is 4.98 Å². The van der Waals surface area contributed by atoms with E-state index in [0.29, 0.717) is 35.8 Å². The third kappa shape index (κ3) is 6.73. The van der Waals surface area contributed by atoms with E-state index in [1.54, 1.807) is 11.9 Å². The number of anilines is 1. The molecule has 41 heavy (non-hydrogen) atoms. The minimum Gasteiger partial charge on any atom is -0.476 e. The third-order valence-electron chi connectivity index (χ3n) is 9.27. The topological polar surface area (TPSA) is 62.3 Å². The molecule has 218 valence electrons. The van der Waals surface area contributed by atoms with Crippen molar-refractivity contribution in [1.82, 2.24) is 20.2 Å². The monoisotopic (exact) mass is 571 g/mol. The van der Waals surface area contributed by atoms with Crippen molar-refractivity contribution in [3.8, 4) is 17.1 Å². The quantitative estimate of drug-likeness (QED) is 0.312. The molecule has 0 radical (unpaired) electrons. The van der Waals surface area contributed by atoms with Gasteiger partial charge in [0.05, 0.1) is 5.69 Å². The Balaban J connectivity index is 1.31. The van der Waals surface area contributed by atoms with Crippen LogP contribution in [0.15, 0.2) is 53.4 Å². The maximum atomic E-state index is 6.60. The Morgan fingerprint density at radius 1 is 1.02 bits per heavy atom. The summed E-state index contributed by atoms with van der Waals surface area (Å²) in [5.41, 5.74) is 6.40. The van der Waals surface area contributed by atoms with Crippen LogP contribution in [-0.4, -0.2) is 47.2 Å². The molecule has 1 saturated carbocycles. The van der Waals surface area contributed by atoms with Crippen LogP contribution >= 0.6 is 11.9 Å². The molecular weight excluding hydrogens is 526 g/mol. The van der Waals surface area contributed by atoms with Gasteiger partial charge in [0.15, 0.2) is 0 Å². The number of nitrogens with zero attached hydrogens (tertiary/aromatic N) is 3. The van der Waals surface area contributed by atoms with Crippen molar-refractivity contribution in [2.24, 2.45) is 17.3 Å². The molecule has 1 unspecified atom stereocenters. The lowest BCUT2D eigenvalue weighted by Gasteiger charge is -2.52. The molecule has 2 aromatic carbocycles. The lowest BCUT2D eigenvalue weighted by atomic mass is 9.57. The van der Waals surface area contributed by atoms with Crippen LogP contribution < -0.4 is 14.8 Å². The SMILES string of the molecule is Cc1cccc(C)c1-c1cc2nc(n1)NSc1cccc(c1)CN(CC1CC3(CCNCC3)C1)C(CC(C)C)CO2. The fourth-order valence-electron chi connectivity index (χ4n) is 7.32. The lowest BCUT2D eigenvalue weighted by molar-refractivity contribution is -0.0138. The van der Waals surface area contributed by atoms with Crippen LogP contribution in [0.3, 0.4) is 0 Å². The molecule has 1 atom stereocenters. The predicted octanol–water partition coefficient (Wildman–Crippen LogP) is 7.27. The first-order valence-corrected chi connectivity index (χ1v) is 16.2. The van der Waals surface area contributed by atoms with Gasteiger partial charge in [0, 0.05) is 35.7 Å². The Hall–Kier alpha value is -2.61. The van der Waals surface area contributed by atoms with Crippen molar-refractivity contribution in [3.63, 3.8) is 0 Å². The summed E-state index contributed by atoms with van der Waals surface area (Å²) >= 11 is 1.57. The van der Waals surface area contributed by atoms with Gasteiger partial charge in [-0.15, -0.1) is 0 Å². The molecule has 2 aliphatic heterocycles. The molecule has 1 spiro atoms. The fourth-order valence-corrected chi connectivity index (χ4v) is 7.98. The first kappa shape index (κ1) is 28.5. The van der Waals surface area contributed by atoms with Gasteiger partial charge < -0.3 is 10.1 Å². The average molecular weight is 572 g/mol. The summed E-state index contributed by atoms with van der Waals surface area (Å²) in [5.74, 6) is 2.55.